The second-order valence-electron chi connectivity index (χ2n) is 5.71. The van der Waals surface area contributed by atoms with Gasteiger partial charge >= 0.3 is 0 Å². The molecule has 2 aromatic rings. The number of carbonyl (C=O) groups is 2. The Kier molecular flexibility index (Phi) is 4.31. The first-order valence-corrected chi connectivity index (χ1v) is 7.47. The molecule has 0 aromatic heterocycles. The number of methoxy groups -OCH3 is 1. The maximum atomic E-state index is 13.7. The molecule has 3 rings (SSSR count). The van der Waals surface area contributed by atoms with Crippen LogP contribution < -0.4 is 4.74 Å². The third kappa shape index (κ3) is 2.88. The van der Waals surface area contributed by atoms with E-state index >= 15 is 0 Å². The highest BCUT2D eigenvalue weighted by molar-refractivity contribution is 6.21. The van der Waals surface area contributed by atoms with E-state index in [9.17, 15) is 14.0 Å². The number of nitrogens with zero attached hydrogens (tertiary/aromatic N) is 2. The van der Waals surface area contributed by atoms with E-state index in [4.69, 9.17) is 4.74 Å². The molecule has 1 heterocycles. The van der Waals surface area contributed by atoms with Crippen LogP contribution in [-0.2, 0) is 6.54 Å². The molecule has 2 amide bonds. The molecule has 0 saturated heterocycles. The fraction of sp³-hybridized carbons (Fsp3) is 0.222. The highest BCUT2D eigenvalue weighted by Crippen LogP contribution is 2.23. The summed E-state index contributed by atoms with van der Waals surface area (Å²) in [4.78, 5) is 27.6. The summed E-state index contributed by atoms with van der Waals surface area (Å²) in [6, 6.07) is 11.5. The minimum Gasteiger partial charge on any atom is -0.494 e. The quantitative estimate of drug-likeness (QED) is 0.792. The van der Waals surface area contributed by atoms with E-state index in [0.29, 0.717) is 17.7 Å². The topological polar surface area (TPSA) is 49.9 Å². The number of hydrogen-bond acceptors (Lipinski definition) is 4. The third-order valence-electron chi connectivity index (χ3n) is 3.93. The molecule has 0 N–H and O–H groups in total. The van der Waals surface area contributed by atoms with E-state index in [1.54, 1.807) is 48.3 Å². The number of fused-ring (bicyclic) bond motifs is 1. The molecule has 2 aromatic carbocycles. The van der Waals surface area contributed by atoms with Crippen LogP contribution in [-0.4, -0.2) is 42.4 Å². The molecule has 0 atom stereocenters. The van der Waals surface area contributed by atoms with Gasteiger partial charge in [0, 0.05) is 6.54 Å². The zero-order valence-corrected chi connectivity index (χ0v) is 13.5. The molecular weight excluding hydrogens is 311 g/mol. The highest BCUT2D eigenvalue weighted by atomic mass is 19.1. The molecule has 0 bridgehead atoms. The molecule has 24 heavy (non-hydrogen) atoms. The van der Waals surface area contributed by atoms with Crippen LogP contribution in [0.3, 0.4) is 0 Å². The SMILES string of the molecule is COc1ccc(CN(C)CN2C(=O)c3ccccc3C2=O)cc1F. The van der Waals surface area contributed by atoms with Crippen LogP contribution in [0.2, 0.25) is 0 Å². The Balaban J connectivity index is 1.70. The third-order valence-corrected chi connectivity index (χ3v) is 3.93. The Bertz CT molecular complexity index is 772. The number of halogens is 1. The molecule has 0 fully saturated rings. The first-order valence-electron chi connectivity index (χ1n) is 7.47. The van der Waals surface area contributed by atoms with E-state index in [1.807, 2.05) is 0 Å². The molecule has 124 valence electrons. The average Bonchev–Trinajstić information content (AvgIpc) is 2.80. The van der Waals surface area contributed by atoms with Crippen molar-refractivity contribution in [3.63, 3.8) is 0 Å². The minimum absolute atomic E-state index is 0.139. The number of amides is 2. The highest BCUT2D eigenvalue weighted by Gasteiger charge is 2.35. The molecule has 0 radical (unpaired) electrons. The van der Waals surface area contributed by atoms with Gasteiger partial charge in [0.15, 0.2) is 11.6 Å². The second-order valence-corrected chi connectivity index (χ2v) is 5.71. The van der Waals surface area contributed by atoms with Gasteiger partial charge in [0.05, 0.1) is 24.9 Å². The summed E-state index contributed by atoms with van der Waals surface area (Å²) in [6.45, 7) is 0.536. The fourth-order valence-electron chi connectivity index (χ4n) is 2.78. The predicted molar refractivity (Wildman–Crippen MR) is 86.2 cm³/mol. The lowest BCUT2D eigenvalue weighted by Gasteiger charge is -2.23. The molecule has 0 spiro atoms. The van der Waals surface area contributed by atoms with Crippen LogP contribution >= 0.6 is 0 Å². The van der Waals surface area contributed by atoms with Gasteiger partial charge in [-0.2, -0.15) is 0 Å². The van der Waals surface area contributed by atoms with Gasteiger partial charge in [-0.15, -0.1) is 0 Å². The van der Waals surface area contributed by atoms with Crippen molar-refractivity contribution in [3.8, 4) is 5.75 Å². The van der Waals surface area contributed by atoms with Crippen molar-refractivity contribution < 1.29 is 18.7 Å². The molecule has 0 aliphatic carbocycles. The van der Waals surface area contributed by atoms with Gasteiger partial charge in [0.2, 0.25) is 0 Å². The number of ether oxygens (including phenoxy) is 1. The van der Waals surface area contributed by atoms with Crippen LogP contribution in [0.4, 0.5) is 4.39 Å². The Hall–Kier alpha value is -2.73. The predicted octanol–water partition coefficient (Wildman–Crippen LogP) is 2.52. The average molecular weight is 328 g/mol. The Morgan fingerprint density at radius 1 is 1.08 bits per heavy atom. The Morgan fingerprint density at radius 2 is 1.71 bits per heavy atom. The number of imide groups is 1. The standard InChI is InChI=1S/C18H17FN2O3/c1-20(10-12-7-8-16(24-2)15(19)9-12)11-21-17(22)13-5-3-4-6-14(13)18(21)23/h3-9H,10-11H2,1-2H3. The van der Waals surface area contributed by atoms with Gasteiger partial charge < -0.3 is 4.74 Å². The normalized spacial score (nSPS) is 13.6. The monoisotopic (exact) mass is 328 g/mol. The summed E-state index contributed by atoms with van der Waals surface area (Å²) >= 11 is 0. The smallest absolute Gasteiger partial charge is 0.262 e. The molecule has 1 aliphatic heterocycles. The molecule has 6 heteroatoms. The van der Waals surface area contributed by atoms with Gasteiger partial charge in [0.1, 0.15) is 0 Å². The number of hydrogen-bond donors (Lipinski definition) is 0. The van der Waals surface area contributed by atoms with Crippen LogP contribution in [0.5, 0.6) is 5.75 Å². The summed E-state index contributed by atoms with van der Waals surface area (Å²) in [5.74, 6) is -0.863. The van der Waals surface area contributed by atoms with Crippen LogP contribution in [0.15, 0.2) is 42.5 Å². The van der Waals surface area contributed by atoms with E-state index < -0.39 is 5.82 Å². The van der Waals surface area contributed by atoms with Gasteiger partial charge in [0.25, 0.3) is 11.8 Å². The van der Waals surface area contributed by atoms with Gasteiger partial charge in [-0.05, 0) is 36.9 Å². The second kappa shape index (κ2) is 6.41. The van der Waals surface area contributed by atoms with Crippen LogP contribution in [0.25, 0.3) is 0 Å². The molecule has 5 nitrogen and oxygen atoms in total. The van der Waals surface area contributed by atoms with Crippen molar-refractivity contribution in [2.75, 3.05) is 20.8 Å². The summed E-state index contributed by atoms with van der Waals surface area (Å²) in [6.07, 6.45) is 0. The fourth-order valence-corrected chi connectivity index (χ4v) is 2.78. The maximum absolute atomic E-state index is 13.7. The van der Waals surface area contributed by atoms with E-state index in [-0.39, 0.29) is 24.2 Å². The first kappa shape index (κ1) is 16.1. The summed E-state index contributed by atoms with van der Waals surface area (Å²) < 4.78 is 18.6. The number of rotatable bonds is 5. The molecular formula is C18H17FN2O3. The summed E-state index contributed by atoms with van der Waals surface area (Å²) in [7, 11) is 3.18. The largest absolute Gasteiger partial charge is 0.494 e. The first-order chi connectivity index (χ1) is 11.5. The number of carbonyl (C=O) groups excluding carboxylic acids is 2. The molecule has 0 unspecified atom stereocenters. The number of benzene rings is 2. The van der Waals surface area contributed by atoms with E-state index in [2.05, 4.69) is 0 Å². The molecule has 1 aliphatic rings. The zero-order valence-electron chi connectivity index (χ0n) is 13.5. The van der Waals surface area contributed by atoms with Crippen molar-refractivity contribution in [1.29, 1.82) is 0 Å². The summed E-state index contributed by atoms with van der Waals surface area (Å²) in [5.41, 5.74) is 1.57. The van der Waals surface area contributed by atoms with Gasteiger partial charge in [-0.3, -0.25) is 19.4 Å². The van der Waals surface area contributed by atoms with Gasteiger partial charge in [-0.1, -0.05) is 18.2 Å². The van der Waals surface area contributed by atoms with Crippen LogP contribution in [0, 0.1) is 5.82 Å². The minimum atomic E-state index is -0.441. The van der Waals surface area contributed by atoms with Crippen molar-refractivity contribution in [2.45, 2.75) is 6.54 Å². The maximum Gasteiger partial charge on any atom is 0.262 e. The van der Waals surface area contributed by atoms with Crippen molar-refractivity contribution in [2.24, 2.45) is 0 Å². The van der Waals surface area contributed by atoms with Crippen LogP contribution in [0.1, 0.15) is 26.3 Å². The summed E-state index contributed by atoms with van der Waals surface area (Å²) in [5, 5.41) is 0. The Morgan fingerprint density at radius 3 is 2.25 bits per heavy atom. The Labute approximate surface area is 139 Å². The zero-order chi connectivity index (χ0) is 17.3. The van der Waals surface area contributed by atoms with Crippen molar-refractivity contribution in [1.82, 2.24) is 9.80 Å². The van der Waals surface area contributed by atoms with Gasteiger partial charge in [-0.25, -0.2) is 4.39 Å². The van der Waals surface area contributed by atoms with E-state index in [0.717, 1.165) is 5.56 Å². The van der Waals surface area contributed by atoms with E-state index in [1.165, 1.54) is 18.1 Å². The lowest BCUT2D eigenvalue weighted by atomic mass is 10.1. The lowest BCUT2D eigenvalue weighted by molar-refractivity contribution is 0.0559. The van der Waals surface area contributed by atoms with Crippen molar-refractivity contribution >= 4 is 11.8 Å². The van der Waals surface area contributed by atoms with Crippen molar-refractivity contribution in [3.05, 3.63) is 65.0 Å². The molecule has 0 saturated carbocycles. The lowest BCUT2D eigenvalue weighted by Crippen LogP contribution is -2.39.